The van der Waals surface area contributed by atoms with Gasteiger partial charge in [-0.1, -0.05) is 37.1 Å². The van der Waals surface area contributed by atoms with E-state index in [9.17, 15) is 9.59 Å². The summed E-state index contributed by atoms with van der Waals surface area (Å²) >= 11 is 0. The second-order valence-corrected chi connectivity index (χ2v) is 5.60. The van der Waals surface area contributed by atoms with Gasteiger partial charge in [0.15, 0.2) is 5.82 Å². The zero-order valence-electron chi connectivity index (χ0n) is 13.4. The standard InChI is InChI=1S/C17H23N3O3/c1-2-3-4-6-13-9-11-14(12-10-13)18-16(21)8-5-7-15-19-17(22)23-20-15/h9-12H,2-8H2,1H3,(H,18,21)(H,19,20,22). The zero-order valence-corrected chi connectivity index (χ0v) is 13.4. The Balaban J connectivity index is 1.71. The number of benzene rings is 1. The molecule has 0 saturated heterocycles. The molecular weight excluding hydrogens is 294 g/mol. The van der Waals surface area contributed by atoms with Crippen molar-refractivity contribution in [2.75, 3.05) is 5.32 Å². The number of H-pyrrole nitrogens is 1. The Morgan fingerprint density at radius 1 is 1.17 bits per heavy atom. The van der Waals surface area contributed by atoms with Gasteiger partial charge in [0.2, 0.25) is 5.91 Å². The fraction of sp³-hybridized carbons (Fsp3) is 0.471. The predicted octanol–water partition coefficient (Wildman–Crippen LogP) is 3.06. The van der Waals surface area contributed by atoms with Gasteiger partial charge in [0, 0.05) is 18.5 Å². The molecule has 0 bridgehead atoms. The van der Waals surface area contributed by atoms with Crippen LogP contribution >= 0.6 is 0 Å². The number of rotatable bonds is 9. The second-order valence-electron chi connectivity index (χ2n) is 5.60. The molecule has 1 aromatic carbocycles. The van der Waals surface area contributed by atoms with E-state index in [1.807, 2.05) is 12.1 Å². The van der Waals surface area contributed by atoms with Crippen LogP contribution in [0.15, 0.2) is 33.6 Å². The maximum atomic E-state index is 11.9. The van der Waals surface area contributed by atoms with Crippen LogP contribution in [0.2, 0.25) is 0 Å². The third-order valence-corrected chi connectivity index (χ3v) is 3.61. The Kier molecular flexibility index (Phi) is 6.59. The lowest BCUT2D eigenvalue weighted by Crippen LogP contribution is -2.11. The van der Waals surface area contributed by atoms with Crippen molar-refractivity contribution in [3.05, 3.63) is 46.2 Å². The lowest BCUT2D eigenvalue weighted by atomic mass is 10.1. The molecule has 0 spiro atoms. The number of aromatic nitrogens is 2. The lowest BCUT2D eigenvalue weighted by Gasteiger charge is -2.06. The van der Waals surface area contributed by atoms with Crippen LogP contribution in [-0.2, 0) is 17.6 Å². The maximum absolute atomic E-state index is 11.9. The highest BCUT2D eigenvalue weighted by Gasteiger charge is 2.05. The van der Waals surface area contributed by atoms with Crippen molar-refractivity contribution >= 4 is 11.6 Å². The number of nitrogens with zero attached hydrogens (tertiary/aromatic N) is 1. The fourth-order valence-corrected chi connectivity index (χ4v) is 2.34. The molecule has 1 aromatic heterocycles. The fourth-order valence-electron chi connectivity index (χ4n) is 2.34. The molecule has 0 unspecified atom stereocenters. The minimum atomic E-state index is -0.566. The summed E-state index contributed by atoms with van der Waals surface area (Å²) in [4.78, 5) is 25.1. The van der Waals surface area contributed by atoms with Crippen molar-refractivity contribution in [3.8, 4) is 0 Å². The van der Waals surface area contributed by atoms with Crippen molar-refractivity contribution in [2.45, 2.75) is 51.9 Å². The van der Waals surface area contributed by atoms with E-state index in [0.29, 0.717) is 25.1 Å². The van der Waals surface area contributed by atoms with E-state index in [0.717, 1.165) is 12.1 Å². The van der Waals surface area contributed by atoms with Gasteiger partial charge < -0.3 is 5.32 Å². The summed E-state index contributed by atoms with van der Waals surface area (Å²) in [5.41, 5.74) is 2.11. The Morgan fingerprint density at radius 2 is 1.96 bits per heavy atom. The Morgan fingerprint density at radius 3 is 2.61 bits per heavy atom. The van der Waals surface area contributed by atoms with Gasteiger partial charge in [0.05, 0.1) is 0 Å². The molecule has 0 radical (unpaired) electrons. The summed E-state index contributed by atoms with van der Waals surface area (Å²) in [7, 11) is 0. The number of amides is 1. The first-order valence-electron chi connectivity index (χ1n) is 8.11. The first-order valence-corrected chi connectivity index (χ1v) is 8.11. The van der Waals surface area contributed by atoms with Crippen LogP contribution in [0.4, 0.5) is 5.69 Å². The van der Waals surface area contributed by atoms with E-state index in [-0.39, 0.29) is 5.91 Å². The molecule has 2 rings (SSSR count). The number of hydrogen-bond acceptors (Lipinski definition) is 4. The molecule has 6 heteroatoms. The molecular formula is C17H23N3O3. The normalized spacial score (nSPS) is 10.7. The van der Waals surface area contributed by atoms with Crippen LogP contribution in [0.25, 0.3) is 0 Å². The maximum Gasteiger partial charge on any atom is 0.438 e. The minimum absolute atomic E-state index is 0.0467. The van der Waals surface area contributed by atoms with Crippen LogP contribution in [0.3, 0.4) is 0 Å². The number of nitrogens with one attached hydrogen (secondary N) is 2. The third kappa shape index (κ3) is 6.10. The number of aromatic amines is 1. The lowest BCUT2D eigenvalue weighted by molar-refractivity contribution is -0.116. The van der Waals surface area contributed by atoms with E-state index in [1.54, 1.807) is 0 Å². The van der Waals surface area contributed by atoms with E-state index in [1.165, 1.54) is 24.8 Å². The second kappa shape index (κ2) is 8.92. The highest BCUT2D eigenvalue weighted by molar-refractivity contribution is 5.90. The summed E-state index contributed by atoms with van der Waals surface area (Å²) in [5.74, 6) is -0.141. The molecule has 2 N–H and O–H groups in total. The number of hydrogen-bond donors (Lipinski definition) is 2. The average molecular weight is 317 g/mol. The van der Waals surface area contributed by atoms with Gasteiger partial charge >= 0.3 is 5.76 Å². The summed E-state index contributed by atoms with van der Waals surface area (Å²) in [5, 5.41) is 6.44. The highest BCUT2D eigenvalue weighted by Crippen LogP contribution is 2.13. The summed E-state index contributed by atoms with van der Waals surface area (Å²) in [6.45, 7) is 2.19. The number of unbranched alkanes of at least 4 members (excludes halogenated alkanes) is 2. The molecule has 1 heterocycles. The molecule has 6 nitrogen and oxygen atoms in total. The monoisotopic (exact) mass is 317 g/mol. The van der Waals surface area contributed by atoms with Crippen molar-refractivity contribution in [2.24, 2.45) is 0 Å². The van der Waals surface area contributed by atoms with Gasteiger partial charge in [0.25, 0.3) is 0 Å². The van der Waals surface area contributed by atoms with Crippen molar-refractivity contribution in [1.29, 1.82) is 0 Å². The smallest absolute Gasteiger partial charge is 0.326 e. The molecule has 23 heavy (non-hydrogen) atoms. The van der Waals surface area contributed by atoms with Crippen molar-refractivity contribution < 1.29 is 9.32 Å². The quantitative estimate of drug-likeness (QED) is 0.696. The summed E-state index contributed by atoms with van der Waals surface area (Å²) in [6.07, 6.45) is 6.22. The predicted molar refractivity (Wildman–Crippen MR) is 88.4 cm³/mol. The SMILES string of the molecule is CCCCCc1ccc(NC(=O)CCCc2noc(=O)[nH]2)cc1. The van der Waals surface area contributed by atoms with Crippen LogP contribution in [0, 0.1) is 0 Å². The van der Waals surface area contributed by atoms with Gasteiger partial charge in [-0.3, -0.25) is 14.3 Å². The van der Waals surface area contributed by atoms with Crippen LogP contribution in [-0.4, -0.2) is 16.0 Å². The molecule has 0 fully saturated rings. The topological polar surface area (TPSA) is 88.0 Å². The van der Waals surface area contributed by atoms with E-state index < -0.39 is 5.76 Å². The van der Waals surface area contributed by atoms with E-state index >= 15 is 0 Å². The number of anilines is 1. The third-order valence-electron chi connectivity index (χ3n) is 3.61. The molecule has 0 aliphatic rings. The van der Waals surface area contributed by atoms with Gasteiger partial charge in [0.1, 0.15) is 0 Å². The van der Waals surface area contributed by atoms with Crippen LogP contribution < -0.4 is 11.1 Å². The molecule has 2 aromatic rings. The number of carbonyl (C=O) groups is 1. The molecule has 0 aliphatic heterocycles. The molecule has 0 aliphatic carbocycles. The first-order chi connectivity index (χ1) is 11.2. The molecule has 0 atom stereocenters. The van der Waals surface area contributed by atoms with E-state index in [2.05, 4.69) is 39.0 Å². The summed E-state index contributed by atoms with van der Waals surface area (Å²) < 4.78 is 4.40. The van der Waals surface area contributed by atoms with Crippen molar-refractivity contribution in [3.63, 3.8) is 0 Å². The average Bonchev–Trinajstić information content (AvgIpc) is 2.95. The molecule has 124 valence electrons. The van der Waals surface area contributed by atoms with Crippen molar-refractivity contribution in [1.82, 2.24) is 10.1 Å². The van der Waals surface area contributed by atoms with Gasteiger partial charge in [-0.15, -0.1) is 0 Å². The minimum Gasteiger partial charge on any atom is -0.326 e. The van der Waals surface area contributed by atoms with Gasteiger partial charge in [-0.05, 0) is 37.0 Å². The zero-order chi connectivity index (χ0) is 16.5. The van der Waals surface area contributed by atoms with Gasteiger partial charge in [-0.2, -0.15) is 0 Å². The van der Waals surface area contributed by atoms with E-state index in [4.69, 9.17) is 0 Å². The van der Waals surface area contributed by atoms with Crippen LogP contribution in [0.5, 0.6) is 0 Å². The van der Waals surface area contributed by atoms with Crippen LogP contribution in [0.1, 0.15) is 50.4 Å². The Labute approximate surface area is 135 Å². The Bertz CT molecular complexity index is 658. The van der Waals surface area contributed by atoms with Gasteiger partial charge in [-0.25, -0.2) is 4.79 Å². The largest absolute Gasteiger partial charge is 0.438 e. The summed E-state index contributed by atoms with van der Waals surface area (Å²) in [6, 6.07) is 8.00. The molecule has 1 amide bonds. The number of aryl methyl sites for hydroxylation is 2. The number of carbonyl (C=O) groups excluding carboxylic acids is 1. The molecule has 0 saturated carbocycles. The Hall–Kier alpha value is -2.37. The first kappa shape index (κ1) is 17.0. The highest BCUT2D eigenvalue weighted by atomic mass is 16.5.